The molecule has 0 bridgehead atoms. The first-order valence-corrected chi connectivity index (χ1v) is 7.05. The Morgan fingerprint density at radius 3 is 3.05 bits per heavy atom. The summed E-state index contributed by atoms with van der Waals surface area (Å²) in [5.41, 5.74) is 2.79. The lowest BCUT2D eigenvalue weighted by atomic mass is 10.1. The molecule has 1 aromatic heterocycles. The number of hydrogen-bond acceptors (Lipinski definition) is 3. The van der Waals surface area contributed by atoms with Gasteiger partial charge in [-0.25, -0.2) is 9.37 Å². The zero-order valence-corrected chi connectivity index (χ0v) is 11.4. The van der Waals surface area contributed by atoms with E-state index in [2.05, 4.69) is 4.98 Å². The third-order valence-corrected chi connectivity index (χ3v) is 4.29. The molecule has 1 aliphatic rings. The van der Waals surface area contributed by atoms with Crippen molar-refractivity contribution in [1.29, 1.82) is 5.41 Å². The number of fused-ring (bicyclic) bond motifs is 1. The monoisotopic (exact) mass is 275 g/mol. The summed E-state index contributed by atoms with van der Waals surface area (Å²) in [4.78, 5) is 6.39. The summed E-state index contributed by atoms with van der Waals surface area (Å²) in [6.07, 6.45) is 0.831. The van der Waals surface area contributed by atoms with Crippen LogP contribution in [0, 0.1) is 18.2 Å². The van der Waals surface area contributed by atoms with Crippen molar-refractivity contribution in [3.8, 4) is 0 Å². The molecule has 98 valence electrons. The third-order valence-electron chi connectivity index (χ3n) is 3.27. The molecule has 0 atom stereocenters. The Labute approximate surface area is 115 Å². The largest absolute Gasteiger partial charge is 0.352 e. The second-order valence-corrected chi connectivity index (χ2v) is 5.65. The number of benzene rings is 1. The topological polar surface area (TPSA) is 40.0 Å². The van der Waals surface area contributed by atoms with E-state index in [1.165, 1.54) is 12.1 Å². The molecule has 0 radical (unpaired) electrons. The number of halogens is 1. The van der Waals surface area contributed by atoms with E-state index >= 15 is 0 Å². The molecule has 3 nitrogen and oxygen atoms in total. The smallest absolute Gasteiger partial charge is 0.128 e. The lowest BCUT2D eigenvalue weighted by Gasteiger charge is -2.16. The van der Waals surface area contributed by atoms with E-state index in [4.69, 9.17) is 5.41 Å². The minimum Gasteiger partial charge on any atom is -0.352 e. The van der Waals surface area contributed by atoms with E-state index in [-0.39, 0.29) is 5.82 Å². The van der Waals surface area contributed by atoms with Crippen LogP contribution in [0.4, 0.5) is 4.39 Å². The lowest BCUT2D eigenvalue weighted by molar-refractivity contribution is 0.432. The zero-order valence-electron chi connectivity index (χ0n) is 10.6. The molecule has 2 aromatic rings. The van der Waals surface area contributed by atoms with Crippen molar-refractivity contribution in [2.45, 2.75) is 19.9 Å². The number of hydrogen-bond donors (Lipinski definition) is 1. The number of thiazole rings is 1. The highest BCUT2D eigenvalue weighted by atomic mass is 32.1. The SMILES string of the molecule is Cc1csc(CCN2Cc3ccc(F)cc3C2=N)n1. The van der Waals surface area contributed by atoms with Crippen molar-refractivity contribution < 1.29 is 4.39 Å². The van der Waals surface area contributed by atoms with Gasteiger partial charge in [0.15, 0.2) is 0 Å². The fourth-order valence-corrected chi connectivity index (χ4v) is 3.07. The van der Waals surface area contributed by atoms with E-state index < -0.39 is 0 Å². The first kappa shape index (κ1) is 12.3. The van der Waals surface area contributed by atoms with Crippen LogP contribution in [-0.4, -0.2) is 22.3 Å². The maximum atomic E-state index is 13.2. The van der Waals surface area contributed by atoms with Gasteiger partial charge >= 0.3 is 0 Å². The van der Waals surface area contributed by atoms with Crippen LogP contribution in [0.25, 0.3) is 0 Å². The molecule has 0 fully saturated rings. The maximum Gasteiger partial charge on any atom is 0.128 e. The van der Waals surface area contributed by atoms with Gasteiger partial charge in [0, 0.05) is 36.1 Å². The van der Waals surface area contributed by atoms with E-state index in [9.17, 15) is 4.39 Å². The van der Waals surface area contributed by atoms with Gasteiger partial charge in [-0.05, 0) is 24.6 Å². The normalized spacial score (nSPS) is 14.0. The summed E-state index contributed by atoms with van der Waals surface area (Å²) in [6, 6.07) is 4.68. The molecule has 0 unspecified atom stereocenters. The third kappa shape index (κ3) is 2.38. The van der Waals surface area contributed by atoms with Gasteiger partial charge in [-0.15, -0.1) is 11.3 Å². The van der Waals surface area contributed by atoms with Gasteiger partial charge in [0.2, 0.25) is 0 Å². The minimum absolute atomic E-state index is 0.277. The second kappa shape index (κ2) is 4.74. The Hall–Kier alpha value is -1.75. The number of aryl methyl sites for hydroxylation is 1. The Balaban J connectivity index is 1.70. The van der Waals surface area contributed by atoms with Crippen LogP contribution in [0.1, 0.15) is 21.8 Å². The first-order valence-electron chi connectivity index (χ1n) is 6.17. The molecule has 5 heteroatoms. The van der Waals surface area contributed by atoms with E-state index in [0.29, 0.717) is 12.4 Å². The molecule has 19 heavy (non-hydrogen) atoms. The molecule has 1 aliphatic heterocycles. The number of amidine groups is 1. The van der Waals surface area contributed by atoms with Crippen LogP contribution in [0.15, 0.2) is 23.6 Å². The Morgan fingerprint density at radius 1 is 1.47 bits per heavy atom. The summed E-state index contributed by atoms with van der Waals surface area (Å²) in [6.45, 7) is 3.43. The quantitative estimate of drug-likeness (QED) is 0.935. The molecule has 2 heterocycles. The van der Waals surface area contributed by atoms with Gasteiger partial charge < -0.3 is 4.90 Å². The molecule has 3 rings (SSSR count). The number of aromatic nitrogens is 1. The molecular formula is C14H14FN3S. The predicted molar refractivity (Wildman–Crippen MR) is 74.2 cm³/mol. The molecule has 1 aromatic carbocycles. The highest BCUT2D eigenvalue weighted by molar-refractivity contribution is 7.09. The zero-order chi connectivity index (χ0) is 13.4. The summed E-state index contributed by atoms with van der Waals surface area (Å²) < 4.78 is 13.2. The minimum atomic E-state index is -0.277. The van der Waals surface area contributed by atoms with Crippen molar-refractivity contribution in [2.75, 3.05) is 6.54 Å². The summed E-state index contributed by atoms with van der Waals surface area (Å²) in [7, 11) is 0. The van der Waals surface area contributed by atoms with Crippen molar-refractivity contribution >= 4 is 17.2 Å². The van der Waals surface area contributed by atoms with Gasteiger partial charge in [0.1, 0.15) is 11.7 Å². The average molecular weight is 275 g/mol. The standard InChI is InChI=1S/C14H14FN3S/c1-9-8-19-13(17-9)4-5-18-7-10-2-3-11(15)6-12(10)14(18)16/h2-3,6,8,16H,4-5,7H2,1H3. The Morgan fingerprint density at radius 2 is 2.32 bits per heavy atom. The maximum absolute atomic E-state index is 13.2. The van der Waals surface area contributed by atoms with Gasteiger partial charge in [-0.1, -0.05) is 6.07 Å². The van der Waals surface area contributed by atoms with Crippen molar-refractivity contribution in [2.24, 2.45) is 0 Å². The second-order valence-electron chi connectivity index (χ2n) is 4.70. The van der Waals surface area contributed by atoms with Gasteiger partial charge in [0.25, 0.3) is 0 Å². The van der Waals surface area contributed by atoms with Gasteiger partial charge in [0.05, 0.1) is 5.01 Å². The van der Waals surface area contributed by atoms with Gasteiger partial charge in [-0.2, -0.15) is 0 Å². The molecule has 0 saturated heterocycles. The van der Waals surface area contributed by atoms with Crippen LogP contribution < -0.4 is 0 Å². The molecule has 0 aliphatic carbocycles. The van der Waals surface area contributed by atoms with Crippen LogP contribution in [0.3, 0.4) is 0 Å². The van der Waals surface area contributed by atoms with E-state index in [0.717, 1.165) is 34.8 Å². The predicted octanol–water partition coefficient (Wildman–Crippen LogP) is 2.97. The highest BCUT2D eigenvalue weighted by Gasteiger charge is 2.24. The molecular weight excluding hydrogens is 261 g/mol. The van der Waals surface area contributed by atoms with Crippen LogP contribution in [0.5, 0.6) is 0 Å². The van der Waals surface area contributed by atoms with Crippen molar-refractivity contribution in [3.63, 3.8) is 0 Å². The number of nitrogens with zero attached hydrogens (tertiary/aromatic N) is 2. The van der Waals surface area contributed by atoms with Crippen LogP contribution in [0.2, 0.25) is 0 Å². The lowest BCUT2D eigenvalue weighted by Crippen LogP contribution is -2.26. The fraction of sp³-hybridized carbons (Fsp3) is 0.286. The molecule has 0 spiro atoms. The van der Waals surface area contributed by atoms with Crippen LogP contribution >= 0.6 is 11.3 Å². The summed E-state index contributed by atoms with van der Waals surface area (Å²) in [5, 5.41) is 11.2. The molecule has 0 amide bonds. The van der Waals surface area contributed by atoms with Gasteiger partial charge in [-0.3, -0.25) is 5.41 Å². The first-order chi connectivity index (χ1) is 9.13. The average Bonchev–Trinajstić information content (AvgIpc) is 2.93. The van der Waals surface area contributed by atoms with Crippen molar-refractivity contribution in [3.05, 3.63) is 51.2 Å². The van der Waals surface area contributed by atoms with E-state index in [1.807, 2.05) is 17.2 Å². The molecule has 1 N–H and O–H groups in total. The Bertz CT molecular complexity index is 635. The fourth-order valence-electron chi connectivity index (χ4n) is 2.30. The van der Waals surface area contributed by atoms with Crippen molar-refractivity contribution in [1.82, 2.24) is 9.88 Å². The summed E-state index contributed by atoms with van der Waals surface area (Å²) in [5.74, 6) is 0.142. The van der Waals surface area contributed by atoms with Crippen LogP contribution in [-0.2, 0) is 13.0 Å². The van der Waals surface area contributed by atoms with E-state index in [1.54, 1.807) is 17.4 Å². The number of nitrogens with one attached hydrogen (secondary N) is 1. The molecule has 0 saturated carbocycles. The highest BCUT2D eigenvalue weighted by Crippen LogP contribution is 2.23. The summed E-state index contributed by atoms with van der Waals surface area (Å²) >= 11 is 1.65. The number of rotatable bonds is 3. The Kier molecular flexibility index (Phi) is 3.06.